The molecule has 4 heteroatoms. The van der Waals surface area contributed by atoms with Crippen molar-refractivity contribution < 1.29 is 9.90 Å². The highest BCUT2D eigenvalue weighted by Crippen LogP contribution is 1.96. The van der Waals surface area contributed by atoms with E-state index in [2.05, 4.69) is 17.6 Å². The highest BCUT2D eigenvalue weighted by atomic mass is 16.4. The summed E-state index contributed by atoms with van der Waals surface area (Å²) in [5.74, 6) is -0.798. The summed E-state index contributed by atoms with van der Waals surface area (Å²) in [5.41, 5.74) is 0. The zero-order valence-electron chi connectivity index (χ0n) is 9.01. The summed E-state index contributed by atoms with van der Waals surface area (Å²) in [7, 11) is 0. The van der Waals surface area contributed by atoms with Crippen molar-refractivity contribution in [2.75, 3.05) is 26.2 Å². The lowest BCUT2D eigenvalue weighted by molar-refractivity contribution is -0.135. The van der Waals surface area contributed by atoms with Crippen LogP contribution in [0, 0.1) is 0 Å². The van der Waals surface area contributed by atoms with Crippen LogP contribution in [0.3, 0.4) is 0 Å². The first-order chi connectivity index (χ1) is 6.77. The fraction of sp³-hybridized carbons (Fsp3) is 0.900. The zero-order valence-corrected chi connectivity index (χ0v) is 9.01. The van der Waals surface area contributed by atoms with E-state index < -0.39 is 5.97 Å². The van der Waals surface area contributed by atoms with E-state index in [4.69, 9.17) is 5.11 Å². The van der Waals surface area contributed by atoms with Gasteiger partial charge in [0, 0.05) is 13.1 Å². The van der Waals surface area contributed by atoms with E-state index in [9.17, 15) is 4.79 Å². The van der Waals surface area contributed by atoms with Crippen LogP contribution in [-0.4, -0.2) is 37.3 Å². The molecule has 0 aromatic rings. The lowest BCUT2D eigenvalue weighted by Crippen LogP contribution is -2.31. The first-order valence-corrected chi connectivity index (χ1v) is 5.40. The van der Waals surface area contributed by atoms with Gasteiger partial charge >= 0.3 is 5.97 Å². The Balaban J connectivity index is 2.88. The Bertz CT molecular complexity index is 140. The number of hydrogen-bond donors (Lipinski definition) is 3. The molecule has 0 radical (unpaired) electrons. The Morgan fingerprint density at radius 2 is 1.79 bits per heavy atom. The molecule has 0 rings (SSSR count). The third-order valence-electron chi connectivity index (χ3n) is 1.96. The summed E-state index contributed by atoms with van der Waals surface area (Å²) in [6, 6.07) is 0. The van der Waals surface area contributed by atoms with Gasteiger partial charge in [0.15, 0.2) is 0 Å². The molecule has 0 fully saturated rings. The van der Waals surface area contributed by atoms with E-state index in [0.717, 1.165) is 19.6 Å². The average molecular weight is 202 g/mol. The van der Waals surface area contributed by atoms with Gasteiger partial charge in [0.2, 0.25) is 0 Å². The second-order valence-electron chi connectivity index (χ2n) is 3.38. The summed E-state index contributed by atoms with van der Waals surface area (Å²) in [5, 5.41) is 14.4. The molecule has 4 nitrogen and oxygen atoms in total. The van der Waals surface area contributed by atoms with Crippen LogP contribution in [-0.2, 0) is 4.79 Å². The van der Waals surface area contributed by atoms with Crippen molar-refractivity contribution in [1.82, 2.24) is 10.6 Å². The molecule has 0 aromatic carbocycles. The minimum absolute atomic E-state index is 0.0531. The summed E-state index contributed by atoms with van der Waals surface area (Å²) >= 11 is 0. The molecule has 0 saturated carbocycles. The molecule has 84 valence electrons. The minimum Gasteiger partial charge on any atom is -0.480 e. The second-order valence-corrected chi connectivity index (χ2v) is 3.38. The Labute approximate surface area is 86.1 Å². The van der Waals surface area contributed by atoms with Gasteiger partial charge in [0.05, 0.1) is 6.54 Å². The predicted octanol–water partition coefficient (Wildman–Crippen LogP) is 0.830. The van der Waals surface area contributed by atoms with Crippen molar-refractivity contribution in [3.8, 4) is 0 Å². The monoisotopic (exact) mass is 202 g/mol. The van der Waals surface area contributed by atoms with E-state index >= 15 is 0 Å². The molecule has 0 aliphatic carbocycles. The van der Waals surface area contributed by atoms with Crippen LogP contribution in [0.4, 0.5) is 0 Å². The number of aliphatic carboxylic acids is 1. The normalized spacial score (nSPS) is 10.4. The summed E-state index contributed by atoms with van der Waals surface area (Å²) in [4.78, 5) is 10.1. The fourth-order valence-electron chi connectivity index (χ4n) is 1.17. The smallest absolute Gasteiger partial charge is 0.317 e. The SMILES string of the molecule is CCCCCCNCCNCC(=O)O. The summed E-state index contributed by atoms with van der Waals surface area (Å²) < 4.78 is 0. The van der Waals surface area contributed by atoms with Gasteiger partial charge in [-0.25, -0.2) is 0 Å². The predicted molar refractivity (Wildman–Crippen MR) is 57.5 cm³/mol. The molecule has 0 aliphatic heterocycles. The quantitative estimate of drug-likeness (QED) is 0.459. The third kappa shape index (κ3) is 11.4. The van der Waals surface area contributed by atoms with Crippen LogP contribution < -0.4 is 10.6 Å². The van der Waals surface area contributed by atoms with Crippen LogP contribution in [0.2, 0.25) is 0 Å². The Hall–Kier alpha value is -0.610. The highest BCUT2D eigenvalue weighted by molar-refractivity contribution is 5.68. The zero-order chi connectivity index (χ0) is 10.6. The number of unbranched alkanes of at least 4 members (excludes halogenated alkanes) is 3. The van der Waals surface area contributed by atoms with E-state index in [1.54, 1.807) is 0 Å². The number of nitrogens with one attached hydrogen (secondary N) is 2. The van der Waals surface area contributed by atoms with Gasteiger partial charge in [-0.3, -0.25) is 4.79 Å². The summed E-state index contributed by atoms with van der Waals surface area (Å²) in [6.07, 6.45) is 5.07. The van der Waals surface area contributed by atoms with Gasteiger partial charge in [-0.2, -0.15) is 0 Å². The lowest BCUT2D eigenvalue weighted by Gasteiger charge is -2.04. The molecule has 0 aliphatic rings. The number of rotatable bonds is 10. The van der Waals surface area contributed by atoms with Crippen LogP contribution in [0.15, 0.2) is 0 Å². The maximum absolute atomic E-state index is 10.1. The largest absolute Gasteiger partial charge is 0.480 e. The Morgan fingerprint density at radius 1 is 1.07 bits per heavy atom. The number of carboxylic acid groups (broad SMARTS) is 1. The molecule has 0 heterocycles. The number of carboxylic acids is 1. The fourth-order valence-corrected chi connectivity index (χ4v) is 1.17. The van der Waals surface area contributed by atoms with Crippen molar-refractivity contribution in [3.05, 3.63) is 0 Å². The minimum atomic E-state index is -0.798. The van der Waals surface area contributed by atoms with Crippen LogP contribution in [0.25, 0.3) is 0 Å². The van der Waals surface area contributed by atoms with Crippen molar-refractivity contribution in [3.63, 3.8) is 0 Å². The van der Waals surface area contributed by atoms with Gasteiger partial charge in [0.1, 0.15) is 0 Å². The highest BCUT2D eigenvalue weighted by Gasteiger charge is 1.93. The van der Waals surface area contributed by atoms with E-state index in [0.29, 0.717) is 0 Å². The molecular weight excluding hydrogens is 180 g/mol. The molecule has 0 saturated heterocycles. The van der Waals surface area contributed by atoms with Gasteiger partial charge in [-0.15, -0.1) is 0 Å². The van der Waals surface area contributed by atoms with Gasteiger partial charge < -0.3 is 15.7 Å². The Morgan fingerprint density at radius 3 is 2.43 bits per heavy atom. The molecule has 0 amide bonds. The topological polar surface area (TPSA) is 61.4 Å². The molecular formula is C10H22N2O2. The van der Waals surface area contributed by atoms with E-state index in [1.807, 2.05) is 0 Å². The number of carbonyl (C=O) groups is 1. The molecule has 0 aromatic heterocycles. The molecule has 0 unspecified atom stereocenters. The van der Waals surface area contributed by atoms with Gasteiger partial charge in [-0.05, 0) is 13.0 Å². The van der Waals surface area contributed by atoms with Crippen LogP contribution >= 0.6 is 0 Å². The molecule has 0 bridgehead atoms. The maximum Gasteiger partial charge on any atom is 0.317 e. The van der Waals surface area contributed by atoms with Crippen LogP contribution in [0.1, 0.15) is 32.6 Å². The maximum atomic E-state index is 10.1. The lowest BCUT2D eigenvalue weighted by atomic mass is 10.2. The molecule has 3 N–H and O–H groups in total. The second kappa shape index (κ2) is 10.5. The molecule has 0 spiro atoms. The van der Waals surface area contributed by atoms with Crippen molar-refractivity contribution in [2.24, 2.45) is 0 Å². The average Bonchev–Trinajstić information content (AvgIpc) is 2.15. The van der Waals surface area contributed by atoms with E-state index in [-0.39, 0.29) is 6.54 Å². The van der Waals surface area contributed by atoms with Gasteiger partial charge in [0.25, 0.3) is 0 Å². The van der Waals surface area contributed by atoms with Crippen molar-refractivity contribution in [2.45, 2.75) is 32.6 Å². The number of hydrogen-bond acceptors (Lipinski definition) is 3. The standard InChI is InChI=1S/C10H22N2O2/c1-2-3-4-5-6-11-7-8-12-9-10(13)14/h11-12H,2-9H2,1H3,(H,13,14). The molecule has 14 heavy (non-hydrogen) atoms. The first kappa shape index (κ1) is 13.4. The van der Waals surface area contributed by atoms with E-state index in [1.165, 1.54) is 25.7 Å². The summed E-state index contributed by atoms with van der Waals surface area (Å²) in [6.45, 7) is 4.86. The molecule has 0 atom stereocenters. The van der Waals surface area contributed by atoms with Crippen LogP contribution in [0.5, 0.6) is 0 Å². The Kier molecular flexibility index (Phi) is 10.0. The first-order valence-electron chi connectivity index (χ1n) is 5.40. The van der Waals surface area contributed by atoms with Crippen molar-refractivity contribution >= 4 is 5.97 Å². The van der Waals surface area contributed by atoms with Gasteiger partial charge in [-0.1, -0.05) is 26.2 Å². The van der Waals surface area contributed by atoms with Crippen molar-refractivity contribution in [1.29, 1.82) is 0 Å². The third-order valence-corrected chi connectivity index (χ3v) is 1.96.